The summed E-state index contributed by atoms with van der Waals surface area (Å²) >= 11 is 0. The number of hydrogen-bond acceptors (Lipinski definition) is 6. The largest absolute Gasteiger partial charge is 0.384 e. The number of aromatic nitrogens is 3. The van der Waals surface area contributed by atoms with Crippen LogP contribution >= 0.6 is 0 Å². The van der Waals surface area contributed by atoms with Crippen molar-refractivity contribution in [2.75, 3.05) is 13.2 Å². The zero-order chi connectivity index (χ0) is 30.5. The van der Waals surface area contributed by atoms with E-state index >= 15 is 0 Å². The second-order valence-corrected chi connectivity index (χ2v) is 11.5. The zero-order valence-corrected chi connectivity index (χ0v) is 25.1. The molecule has 5 rings (SSSR count). The van der Waals surface area contributed by atoms with Gasteiger partial charge in [-0.3, -0.25) is 13.9 Å². The van der Waals surface area contributed by atoms with E-state index in [4.69, 9.17) is 9.47 Å². The molecule has 0 aliphatic carbocycles. The molecule has 1 aliphatic heterocycles. The van der Waals surface area contributed by atoms with Gasteiger partial charge in [0.2, 0.25) is 0 Å². The Morgan fingerprint density at radius 3 is 2.53 bits per heavy atom. The summed E-state index contributed by atoms with van der Waals surface area (Å²) in [5.74, 6) is -0.0859. The highest BCUT2D eigenvalue weighted by atomic mass is 19.1. The second-order valence-electron chi connectivity index (χ2n) is 11.5. The summed E-state index contributed by atoms with van der Waals surface area (Å²) in [4.78, 5) is 31.9. The molecule has 4 aromatic rings. The standard InChI is InChI=1S/C34H40FN3O5/c1-22(2)27-10-5-4-9-23(27)12-13-25-21-36-32-30(29(25)31(39)24-14-16-26(35)17-15-24)33(40)38(34(41)37(32)3)18-8-20-43-28-11-6-7-19-42-28/h4-5,9-10,14-17,21-22,28,31,39H,6-8,11-13,18-20H2,1-3H3. The number of aryl methyl sites for hydroxylation is 3. The van der Waals surface area contributed by atoms with Crippen molar-refractivity contribution in [2.24, 2.45) is 7.05 Å². The molecule has 1 fully saturated rings. The molecule has 0 saturated carbocycles. The van der Waals surface area contributed by atoms with E-state index in [0.29, 0.717) is 55.1 Å². The molecule has 1 saturated heterocycles. The van der Waals surface area contributed by atoms with Crippen molar-refractivity contribution in [3.05, 3.63) is 109 Å². The first-order valence-corrected chi connectivity index (χ1v) is 15.1. The van der Waals surface area contributed by atoms with Gasteiger partial charge in [0.15, 0.2) is 6.29 Å². The van der Waals surface area contributed by atoms with Gasteiger partial charge in [-0.05, 0) is 78.8 Å². The molecule has 2 aromatic carbocycles. The topological polar surface area (TPSA) is 95.6 Å². The molecule has 0 radical (unpaired) electrons. The van der Waals surface area contributed by atoms with Crippen LogP contribution in [0.15, 0.2) is 64.3 Å². The summed E-state index contributed by atoms with van der Waals surface area (Å²) in [6.07, 6.45) is 4.68. The molecular weight excluding hydrogens is 549 g/mol. The van der Waals surface area contributed by atoms with E-state index in [9.17, 15) is 19.1 Å². The molecule has 1 N–H and O–H groups in total. The highest BCUT2D eigenvalue weighted by Crippen LogP contribution is 2.31. The molecule has 2 atom stereocenters. The molecule has 0 amide bonds. The maximum atomic E-state index is 14.1. The molecular formula is C34H40FN3O5. The van der Waals surface area contributed by atoms with Crippen LogP contribution in [0.2, 0.25) is 0 Å². The van der Waals surface area contributed by atoms with Gasteiger partial charge in [-0.1, -0.05) is 50.2 Å². The predicted molar refractivity (Wildman–Crippen MR) is 164 cm³/mol. The zero-order valence-electron chi connectivity index (χ0n) is 25.1. The highest BCUT2D eigenvalue weighted by Gasteiger charge is 2.25. The lowest BCUT2D eigenvalue weighted by atomic mass is 9.90. The molecule has 43 heavy (non-hydrogen) atoms. The fourth-order valence-electron chi connectivity index (χ4n) is 5.91. The molecule has 8 nitrogen and oxygen atoms in total. The van der Waals surface area contributed by atoms with Crippen molar-refractivity contribution in [1.29, 1.82) is 0 Å². The minimum Gasteiger partial charge on any atom is -0.384 e. The van der Waals surface area contributed by atoms with Gasteiger partial charge in [0.25, 0.3) is 5.56 Å². The maximum Gasteiger partial charge on any atom is 0.332 e. The van der Waals surface area contributed by atoms with Crippen molar-refractivity contribution >= 4 is 11.0 Å². The number of benzene rings is 2. The van der Waals surface area contributed by atoms with Crippen LogP contribution in [0.3, 0.4) is 0 Å². The number of ether oxygens (including phenoxy) is 2. The van der Waals surface area contributed by atoms with Crippen LogP contribution in [-0.2, 0) is 35.9 Å². The molecule has 0 spiro atoms. The van der Waals surface area contributed by atoms with Gasteiger partial charge in [0.1, 0.15) is 17.6 Å². The number of nitrogens with zero attached hydrogens (tertiary/aromatic N) is 3. The van der Waals surface area contributed by atoms with Crippen molar-refractivity contribution < 1.29 is 19.0 Å². The van der Waals surface area contributed by atoms with Gasteiger partial charge in [0.05, 0.1) is 12.0 Å². The number of fused-ring (bicyclic) bond motifs is 1. The first-order valence-electron chi connectivity index (χ1n) is 15.1. The highest BCUT2D eigenvalue weighted by molar-refractivity contribution is 5.80. The SMILES string of the molecule is CC(C)c1ccccc1CCc1cnc2c(c1C(O)c1ccc(F)cc1)c(=O)n(CCCOC1CCCCO1)c(=O)n2C. The lowest BCUT2D eigenvalue weighted by Crippen LogP contribution is -2.40. The van der Waals surface area contributed by atoms with E-state index in [1.54, 1.807) is 13.2 Å². The van der Waals surface area contributed by atoms with Crippen molar-refractivity contribution in [3.8, 4) is 0 Å². The van der Waals surface area contributed by atoms with Gasteiger partial charge < -0.3 is 14.6 Å². The van der Waals surface area contributed by atoms with Crippen molar-refractivity contribution in [1.82, 2.24) is 14.1 Å². The van der Waals surface area contributed by atoms with Crippen LogP contribution in [-0.4, -0.2) is 38.7 Å². The predicted octanol–water partition coefficient (Wildman–Crippen LogP) is 5.16. The van der Waals surface area contributed by atoms with Crippen molar-refractivity contribution in [3.63, 3.8) is 0 Å². The quantitative estimate of drug-likeness (QED) is 0.243. The monoisotopic (exact) mass is 589 g/mol. The molecule has 0 bridgehead atoms. The number of pyridine rings is 1. The summed E-state index contributed by atoms with van der Waals surface area (Å²) in [5, 5.41) is 11.9. The first kappa shape index (κ1) is 30.8. The normalized spacial score (nSPS) is 16.2. The minimum absolute atomic E-state index is 0.145. The van der Waals surface area contributed by atoms with Gasteiger partial charge in [-0.25, -0.2) is 14.2 Å². The van der Waals surface area contributed by atoms with Crippen LogP contribution < -0.4 is 11.2 Å². The fraction of sp³-hybridized carbons (Fsp3) is 0.441. The lowest BCUT2D eigenvalue weighted by molar-refractivity contribution is -0.163. The molecule has 2 unspecified atom stereocenters. The van der Waals surface area contributed by atoms with Gasteiger partial charge in [-0.2, -0.15) is 0 Å². The maximum absolute atomic E-state index is 14.1. The van der Waals surface area contributed by atoms with Crippen LogP contribution in [0.25, 0.3) is 11.0 Å². The third kappa shape index (κ3) is 6.79. The van der Waals surface area contributed by atoms with E-state index < -0.39 is 23.2 Å². The third-order valence-corrected chi connectivity index (χ3v) is 8.24. The Hall–Kier alpha value is -3.66. The van der Waals surface area contributed by atoms with E-state index in [2.05, 4.69) is 31.0 Å². The molecule has 2 aromatic heterocycles. The summed E-state index contributed by atoms with van der Waals surface area (Å²) in [6.45, 7) is 5.46. The molecule has 228 valence electrons. The smallest absolute Gasteiger partial charge is 0.332 e. The van der Waals surface area contributed by atoms with E-state index in [-0.39, 0.29) is 23.9 Å². The first-order chi connectivity index (χ1) is 20.8. The minimum atomic E-state index is -1.23. The van der Waals surface area contributed by atoms with Crippen LogP contribution in [0.5, 0.6) is 0 Å². The molecule has 9 heteroatoms. The summed E-state index contributed by atoms with van der Waals surface area (Å²) < 4.78 is 27.8. The Morgan fingerprint density at radius 1 is 1.07 bits per heavy atom. The van der Waals surface area contributed by atoms with Gasteiger partial charge >= 0.3 is 5.69 Å². The van der Waals surface area contributed by atoms with E-state index in [1.165, 1.54) is 44.5 Å². The third-order valence-electron chi connectivity index (χ3n) is 8.24. The number of rotatable bonds is 11. The number of hydrogen-bond donors (Lipinski definition) is 1. The number of aliphatic hydroxyl groups is 1. The Balaban J connectivity index is 1.55. The fourth-order valence-corrected chi connectivity index (χ4v) is 5.91. The average molecular weight is 590 g/mol. The van der Waals surface area contributed by atoms with E-state index in [0.717, 1.165) is 19.3 Å². The molecule has 1 aliphatic rings. The Labute approximate surface area is 250 Å². The number of aliphatic hydroxyl groups excluding tert-OH is 1. The number of halogens is 1. The Kier molecular flexibility index (Phi) is 9.85. The summed E-state index contributed by atoms with van der Waals surface area (Å²) in [5.41, 5.74) is 3.14. The van der Waals surface area contributed by atoms with Crippen LogP contribution in [0.1, 0.15) is 79.4 Å². The molecule has 3 heterocycles. The van der Waals surface area contributed by atoms with Gasteiger partial charge in [-0.15, -0.1) is 0 Å². The second kappa shape index (κ2) is 13.8. The van der Waals surface area contributed by atoms with Crippen LogP contribution in [0.4, 0.5) is 4.39 Å². The average Bonchev–Trinajstić information content (AvgIpc) is 3.02. The van der Waals surface area contributed by atoms with Crippen molar-refractivity contribution in [2.45, 2.75) is 77.2 Å². The summed E-state index contributed by atoms with van der Waals surface area (Å²) in [7, 11) is 1.58. The van der Waals surface area contributed by atoms with Gasteiger partial charge in [0, 0.05) is 32.0 Å². The lowest BCUT2D eigenvalue weighted by Gasteiger charge is -2.23. The Morgan fingerprint density at radius 2 is 1.81 bits per heavy atom. The van der Waals surface area contributed by atoms with E-state index in [1.807, 2.05) is 12.1 Å². The summed E-state index contributed by atoms with van der Waals surface area (Å²) in [6, 6.07) is 13.8. The Bertz CT molecular complexity index is 1670. The van der Waals surface area contributed by atoms with Crippen LogP contribution in [0, 0.1) is 5.82 Å².